The fourth-order valence-corrected chi connectivity index (χ4v) is 5.87. The zero-order valence-electron chi connectivity index (χ0n) is 15.4. The molecule has 0 amide bonds. The van der Waals surface area contributed by atoms with E-state index in [2.05, 4.69) is 0 Å². The van der Waals surface area contributed by atoms with Gasteiger partial charge >= 0.3 is 11.7 Å². The van der Waals surface area contributed by atoms with Crippen LogP contribution in [0.15, 0.2) is 18.2 Å². The molecule has 1 N–H and O–H groups in total. The van der Waals surface area contributed by atoms with Gasteiger partial charge in [0.05, 0.1) is 17.1 Å². The van der Waals surface area contributed by atoms with Crippen LogP contribution in [0.3, 0.4) is 0 Å². The maximum Gasteiger partial charge on any atom is 0.335 e. The summed E-state index contributed by atoms with van der Waals surface area (Å²) in [4.78, 5) is 21.8. The molecule has 4 bridgehead atoms. The molecule has 0 spiro atoms. The summed E-state index contributed by atoms with van der Waals surface area (Å²) in [7, 11) is 0. The van der Waals surface area contributed by atoms with Gasteiger partial charge in [-0.1, -0.05) is 0 Å². The standard InChI is InChI=1S/C20H25NO6/c1-12(27-18-7-16(19(22)23)2-3-17(18)21(24)25)26-11-20-8-13-4-14(9-20)6-15(5-13)10-20/h2-3,7,12-15H,4-6,8-11H2,1H3,(H,22,23). The molecule has 27 heavy (non-hydrogen) atoms. The van der Waals surface area contributed by atoms with Crippen molar-refractivity contribution < 1.29 is 24.3 Å². The van der Waals surface area contributed by atoms with Crippen molar-refractivity contribution in [3.8, 4) is 5.75 Å². The molecule has 0 radical (unpaired) electrons. The van der Waals surface area contributed by atoms with Crippen molar-refractivity contribution >= 4 is 11.7 Å². The largest absolute Gasteiger partial charge is 0.478 e. The monoisotopic (exact) mass is 375 g/mol. The van der Waals surface area contributed by atoms with Crippen LogP contribution >= 0.6 is 0 Å². The maximum absolute atomic E-state index is 11.2. The summed E-state index contributed by atoms with van der Waals surface area (Å²) >= 11 is 0. The van der Waals surface area contributed by atoms with Gasteiger partial charge in [0, 0.05) is 12.1 Å². The number of carboxylic acids is 1. The molecule has 4 fully saturated rings. The number of rotatable bonds is 7. The minimum absolute atomic E-state index is 0.0520. The van der Waals surface area contributed by atoms with Crippen LogP contribution in [-0.2, 0) is 4.74 Å². The predicted octanol–water partition coefficient (Wildman–Crippen LogP) is 4.25. The number of nitro groups is 1. The third kappa shape index (κ3) is 3.65. The average molecular weight is 375 g/mol. The number of carbonyl (C=O) groups is 1. The summed E-state index contributed by atoms with van der Waals surface area (Å²) in [6.07, 6.45) is 7.03. The van der Waals surface area contributed by atoms with Crippen molar-refractivity contribution in [3.63, 3.8) is 0 Å². The molecular weight excluding hydrogens is 350 g/mol. The van der Waals surface area contributed by atoms with Gasteiger partial charge < -0.3 is 14.6 Å². The maximum atomic E-state index is 11.2. The number of carboxylic acid groups (broad SMARTS) is 1. The number of benzene rings is 1. The van der Waals surface area contributed by atoms with Crippen molar-refractivity contribution in [3.05, 3.63) is 33.9 Å². The van der Waals surface area contributed by atoms with Crippen LogP contribution in [0, 0.1) is 33.3 Å². The van der Waals surface area contributed by atoms with Gasteiger partial charge in [0.1, 0.15) is 0 Å². The first-order valence-corrected chi connectivity index (χ1v) is 9.63. The molecule has 1 aromatic rings. The number of hydrogen-bond donors (Lipinski definition) is 1. The fraction of sp³-hybridized carbons (Fsp3) is 0.650. The summed E-state index contributed by atoms with van der Waals surface area (Å²) < 4.78 is 11.6. The van der Waals surface area contributed by atoms with E-state index in [1.807, 2.05) is 0 Å². The lowest BCUT2D eigenvalue weighted by Gasteiger charge is -2.56. The van der Waals surface area contributed by atoms with Crippen LogP contribution in [0.1, 0.15) is 55.8 Å². The SMILES string of the molecule is CC(OCC12CC3CC(CC(C3)C1)C2)Oc1cc(C(=O)O)ccc1[N+](=O)[O-]. The number of nitro benzene ring substituents is 1. The van der Waals surface area contributed by atoms with Gasteiger partial charge in [-0.25, -0.2) is 4.79 Å². The number of nitrogens with zero attached hydrogens (tertiary/aromatic N) is 1. The molecule has 1 unspecified atom stereocenters. The first kappa shape index (κ1) is 18.2. The minimum atomic E-state index is -1.16. The van der Waals surface area contributed by atoms with E-state index < -0.39 is 17.2 Å². The third-order valence-electron chi connectivity index (χ3n) is 6.49. The first-order chi connectivity index (χ1) is 12.8. The van der Waals surface area contributed by atoms with E-state index >= 15 is 0 Å². The van der Waals surface area contributed by atoms with E-state index in [9.17, 15) is 14.9 Å². The van der Waals surface area contributed by atoms with Crippen molar-refractivity contribution in [2.75, 3.05) is 6.61 Å². The lowest BCUT2D eigenvalue weighted by molar-refractivity contribution is -0.386. The summed E-state index contributed by atoms with van der Waals surface area (Å²) in [5.41, 5.74) is -0.0876. The fourth-order valence-electron chi connectivity index (χ4n) is 5.87. The van der Waals surface area contributed by atoms with E-state index in [0.717, 1.165) is 23.8 Å². The number of aromatic carboxylic acids is 1. The molecule has 4 aliphatic rings. The summed E-state index contributed by atoms with van der Waals surface area (Å²) in [5.74, 6) is 1.24. The van der Waals surface area contributed by atoms with Crippen LogP contribution in [0.2, 0.25) is 0 Å². The topological polar surface area (TPSA) is 98.9 Å². The van der Waals surface area contributed by atoms with Gasteiger partial charge in [-0.15, -0.1) is 0 Å². The van der Waals surface area contributed by atoms with Crippen LogP contribution in [0.25, 0.3) is 0 Å². The highest BCUT2D eigenvalue weighted by Crippen LogP contribution is 2.60. The average Bonchev–Trinajstić information content (AvgIpc) is 2.58. The Balaban J connectivity index is 1.42. The lowest BCUT2D eigenvalue weighted by atomic mass is 9.50. The Morgan fingerprint density at radius 2 is 1.85 bits per heavy atom. The Labute approximate surface area is 157 Å². The molecule has 4 saturated carbocycles. The van der Waals surface area contributed by atoms with Crippen LogP contribution in [0.4, 0.5) is 5.69 Å². The first-order valence-electron chi connectivity index (χ1n) is 9.63. The second-order valence-corrected chi connectivity index (χ2v) is 8.66. The number of hydrogen-bond acceptors (Lipinski definition) is 5. The highest BCUT2D eigenvalue weighted by Gasteiger charge is 2.51. The normalized spacial score (nSPS) is 32.3. The van der Waals surface area contributed by atoms with E-state index in [1.165, 1.54) is 50.7 Å². The summed E-state index contributed by atoms with van der Waals surface area (Å²) in [6, 6.07) is 3.55. The zero-order chi connectivity index (χ0) is 19.2. The Morgan fingerprint density at radius 1 is 1.26 bits per heavy atom. The van der Waals surface area contributed by atoms with Crippen molar-refractivity contribution in [2.45, 2.75) is 51.7 Å². The molecular formula is C20H25NO6. The Bertz CT molecular complexity index is 726. The molecule has 146 valence electrons. The minimum Gasteiger partial charge on any atom is -0.478 e. The van der Waals surface area contributed by atoms with Gasteiger partial charge in [0.2, 0.25) is 5.75 Å². The zero-order valence-corrected chi connectivity index (χ0v) is 15.4. The van der Waals surface area contributed by atoms with E-state index in [-0.39, 0.29) is 22.4 Å². The summed E-state index contributed by atoms with van der Waals surface area (Å²) in [5, 5.41) is 20.3. The van der Waals surface area contributed by atoms with E-state index in [0.29, 0.717) is 6.61 Å². The lowest BCUT2D eigenvalue weighted by Crippen LogP contribution is -2.48. The summed E-state index contributed by atoms with van der Waals surface area (Å²) in [6.45, 7) is 2.31. The molecule has 1 atom stereocenters. The Kier molecular flexibility index (Phi) is 4.58. The van der Waals surface area contributed by atoms with Crippen molar-refractivity contribution in [2.24, 2.45) is 23.2 Å². The molecule has 0 aromatic heterocycles. The van der Waals surface area contributed by atoms with Gasteiger partial charge in [-0.2, -0.15) is 0 Å². The molecule has 7 nitrogen and oxygen atoms in total. The van der Waals surface area contributed by atoms with Gasteiger partial charge in [0.25, 0.3) is 0 Å². The quantitative estimate of drug-likeness (QED) is 0.434. The molecule has 5 rings (SSSR count). The molecule has 7 heteroatoms. The second kappa shape index (κ2) is 6.78. The van der Waals surface area contributed by atoms with Gasteiger partial charge in [0.15, 0.2) is 6.29 Å². The van der Waals surface area contributed by atoms with Crippen LogP contribution in [-0.4, -0.2) is 28.9 Å². The third-order valence-corrected chi connectivity index (χ3v) is 6.49. The molecule has 0 saturated heterocycles. The van der Waals surface area contributed by atoms with Crippen LogP contribution in [0.5, 0.6) is 5.75 Å². The van der Waals surface area contributed by atoms with Crippen LogP contribution < -0.4 is 4.74 Å². The second-order valence-electron chi connectivity index (χ2n) is 8.66. The van der Waals surface area contributed by atoms with Crippen molar-refractivity contribution in [1.82, 2.24) is 0 Å². The smallest absolute Gasteiger partial charge is 0.335 e. The molecule has 0 heterocycles. The predicted molar refractivity (Wildman–Crippen MR) is 96.7 cm³/mol. The Morgan fingerprint density at radius 3 is 2.37 bits per heavy atom. The van der Waals surface area contributed by atoms with Crippen molar-refractivity contribution in [1.29, 1.82) is 0 Å². The highest BCUT2D eigenvalue weighted by molar-refractivity contribution is 5.88. The van der Waals surface area contributed by atoms with Gasteiger partial charge in [-0.3, -0.25) is 10.1 Å². The number of ether oxygens (including phenoxy) is 2. The van der Waals surface area contributed by atoms with E-state index in [1.54, 1.807) is 6.92 Å². The molecule has 0 aliphatic heterocycles. The highest BCUT2D eigenvalue weighted by atomic mass is 16.7. The van der Waals surface area contributed by atoms with Gasteiger partial charge in [-0.05, 0) is 74.7 Å². The van der Waals surface area contributed by atoms with E-state index in [4.69, 9.17) is 14.6 Å². The molecule has 1 aromatic carbocycles. The molecule has 4 aliphatic carbocycles. The Hall–Kier alpha value is -2.15.